The van der Waals surface area contributed by atoms with Crippen LogP contribution in [0.3, 0.4) is 0 Å². The standard InChI is InChI=1S/C14H10FNO4/c1-8-2-5-13(15)12(6-8)11-7-9(16(19)20)3-4-10(11)14(17)18/h2-7H,1H3,(H,17,18). The van der Waals surface area contributed by atoms with E-state index in [0.29, 0.717) is 0 Å². The molecule has 2 rings (SSSR count). The van der Waals surface area contributed by atoms with Crippen LogP contribution in [0, 0.1) is 22.9 Å². The highest BCUT2D eigenvalue weighted by atomic mass is 19.1. The van der Waals surface area contributed by atoms with E-state index >= 15 is 0 Å². The van der Waals surface area contributed by atoms with Crippen molar-refractivity contribution in [2.24, 2.45) is 0 Å². The summed E-state index contributed by atoms with van der Waals surface area (Å²) in [6.07, 6.45) is 0. The zero-order valence-electron chi connectivity index (χ0n) is 10.5. The van der Waals surface area contributed by atoms with Crippen LogP contribution in [0.2, 0.25) is 0 Å². The SMILES string of the molecule is Cc1ccc(F)c(-c2cc([N+](=O)[O-])ccc2C(=O)O)c1. The van der Waals surface area contributed by atoms with Crippen molar-refractivity contribution in [1.82, 2.24) is 0 Å². The molecule has 5 nitrogen and oxygen atoms in total. The van der Waals surface area contributed by atoms with E-state index in [-0.39, 0.29) is 22.4 Å². The first-order valence-corrected chi connectivity index (χ1v) is 5.68. The third kappa shape index (κ3) is 2.49. The van der Waals surface area contributed by atoms with E-state index in [0.717, 1.165) is 23.8 Å². The number of nitrogens with zero attached hydrogens (tertiary/aromatic N) is 1. The van der Waals surface area contributed by atoms with Crippen LogP contribution < -0.4 is 0 Å². The highest BCUT2D eigenvalue weighted by molar-refractivity contribution is 5.96. The van der Waals surface area contributed by atoms with Crippen LogP contribution in [0.4, 0.5) is 10.1 Å². The lowest BCUT2D eigenvalue weighted by molar-refractivity contribution is -0.384. The van der Waals surface area contributed by atoms with Crippen LogP contribution >= 0.6 is 0 Å². The molecule has 0 aliphatic heterocycles. The first kappa shape index (κ1) is 13.7. The quantitative estimate of drug-likeness (QED) is 0.687. The van der Waals surface area contributed by atoms with Crippen molar-refractivity contribution in [3.8, 4) is 11.1 Å². The summed E-state index contributed by atoms with van der Waals surface area (Å²) in [6, 6.07) is 7.46. The molecule has 0 amide bonds. The number of carbonyl (C=O) groups is 1. The van der Waals surface area contributed by atoms with Gasteiger partial charge in [0.05, 0.1) is 10.5 Å². The van der Waals surface area contributed by atoms with Crippen LogP contribution in [-0.4, -0.2) is 16.0 Å². The molecule has 0 aliphatic carbocycles. The normalized spacial score (nSPS) is 10.3. The van der Waals surface area contributed by atoms with Gasteiger partial charge < -0.3 is 5.11 Å². The number of rotatable bonds is 3. The van der Waals surface area contributed by atoms with Gasteiger partial charge in [-0.15, -0.1) is 0 Å². The Morgan fingerprint density at radius 1 is 1.20 bits per heavy atom. The number of carboxylic acid groups (broad SMARTS) is 1. The van der Waals surface area contributed by atoms with E-state index in [2.05, 4.69) is 0 Å². The third-order valence-electron chi connectivity index (χ3n) is 2.86. The fourth-order valence-corrected chi connectivity index (χ4v) is 1.90. The van der Waals surface area contributed by atoms with Gasteiger partial charge >= 0.3 is 5.97 Å². The Morgan fingerprint density at radius 2 is 1.90 bits per heavy atom. The first-order valence-electron chi connectivity index (χ1n) is 5.68. The number of hydrogen-bond donors (Lipinski definition) is 1. The number of aromatic carboxylic acids is 1. The van der Waals surface area contributed by atoms with Crippen molar-refractivity contribution in [3.63, 3.8) is 0 Å². The van der Waals surface area contributed by atoms with Gasteiger partial charge in [-0.25, -0.2) is 9.18 Å². The van der Waals surface area contributed by atoms with E-state index in [1.807, 2.05) is 0 Å². The molecule has 2 aromatic carbocycles. The van der Waals surface area contributed by atoms with Crippen molar-refractivity contribution in [2.75, 3.05) is 0 Å². The summed E-state index contributed by atoms with van der Waals surface area (Å²) < 4.78 is 13.9. The zero-order valence-corrected chi connectivity index (χ0v) is 10.5. The maximum Gasteiger partial charge on any atom is 0.336 e. The molecule has 0 unspecified atom stereocenters. The molecule has 6 heteroatoms. The summed E-state index contributed by atoms with van der Waals surface area (Å²) >= 11 is 0. The van der Waals surface area contributed by atoms with Gasteiger partial charge in [0, 0.05) is 23.3 Å². The monoisotopic (exact) mass is 275 g/mol. The van der Waals surface area contributed by atoms with Crippen LogP contribution in [0.15, 0.2) is 36.4 Å². The van der Waals surface area contributed by atoms with Crippen LogP contribution in [-0.2, 0) is 0 Å². The Bertz CT molecular complexity index is 712. The maximum atomic E-state index is 13.9. The summed E-state index contributed by atoms with van der Waals surface area (Å²) in [5.41, 5.74) is 0.286. The zero-order chi connectivity index (χ0) is 14.9. The molecule has 0 heterocycles. The lowest BCUT2D eigenvalue weighted by Gasteiger charge is -2.08. The lowest BCUT2D eigenvalue weighted by Crippen LogP contribution is -2.02. The van der Waals surface area contributed by atoms with Gasteiger partial charge in [0.15, 0.2) is 0 Å². The van der Waals surface area contributed by atoms with Crippen molar-refractivity contribution in [2.45, 2.75) is 6.92 Å². The molecule has 20 heavy (non-hydrogen) atoms. The largest absolute Gasteiger partial charge is 0.478 e. The van der Waals surface area contributed by atoms with Crippen molar-refractivity contribution in [1.29, 1.82) is 0 Å². The smallest absolute Gasteiger partial charge is 0.336 e. The van der Waals surface area contributed by atoms with Gasteiger partial charge in [-0.05, 0) is 25.1 Å². The lowest BCUT2D eigenvalue weighted by atomic mass is 9.97. The number of benzene rings is 2. The molecule has 0 saturated heterocycles. The molecule has 0 spiro atoms. The minimum Gasteiger partial charge on any atom is -0.478 e. The molecular weight excluding hydrogens is 265 g/mol. The fraction of sp³-hybridized carbons (Fsp3) is 0.0714. The second kappa shape index (κ2) is 5.08. The van der Waals surface area contributed by atoms with E-state index in [9.17, 15) is 19.3 Å². The molecular formula is C14H10FNO4. The van der Waals surface area contributed by atoms with E-state index in [4.69, 9.17) is 5.11 Å². The maximum absolute atomic E-state index is 13.9. The van der Waals surface area contributed by atoms with Crippen LogP contribution in [0.1, 0.15) is 15.9 Å². The first-order chi connectivity index (χ1) is 9.40. The molecule has 0 radical (unpaired) electrons. The number of aryl methyl sites for hydroxylation is 1. The van der Waals surface area contributed by atoms with Crippen molar-refractivity contribution in [3.05, 3.63) is 63.5 Å². The van der Waals surface area contributed by atoms with Crippen molar-refractivity contribution >= 4 is 11.7 Å². The topological polar surface area (TPSA) is 80.4 Å². The van der Waals surface area contributed by atoms with Gasteiger partial charge in [-0.3, -0.25) is 10.1 Å². The van der Waals surface area contributed by atoms with Gasteiger partial charge in [-0.1, -0.05) is 11.6 Å². The van der Waals surface area contributed by atoms with E-state index in [1.54, 1.807) is 6.92 Å². The van der Waals surface area contributed by atoms with Gasteiger partial charge in [-0.2, -0.15) is 0 Å². The van der Waals surface area contributed by atoms with E-state index < -0.39 is 16.7 Å². The number of carboxylic acids is 1. The summed E-state index contributed by atoms with van der Waals surface area (Å²) in [4.78, 5) is 21.3. The molecule has 1 N–H and O–H groups in total. The van der Waals surface area contributed by atoms with Gasteiger partial charge in [0.2, 0.25) is 0 Å². The third-order valence-corrected chi connectivity index (χ3v) is 2.86. The summed E-state index contributed by atoms with van der Waals surface area (Å²) in [7, 11) is 0. The average molecular weight is 275 g/mol. The molecule has 0 fully saturated rings. The number of nitro benzene ring substituents is 1. The van der Waals surface area contributed by atoms with Gasteiger partial charge in [0.25, 0.3) is 5.69 Å². The number of hydrogen-bond acceptors (Lipinski definition) is 3. The summed E-state index contributed by atoms with van der Waals surface area (Å²) in [6.45, 7) is 1.72. The second-order valence-electron chi connectivity index (χ2n) is 4.28. The van der Waals surface area contributed by atoms with E-state index in [1.165, 1.54) is 18.2 Å². The summed E-state index contributed by atoms with van der Waals surface area (Å²) in [5, 5.41) is 19.9. The number of nitro groups is 1. The molecule has 0 saturated carbocycles. The highest BCUT2D eigenvalue weighted by Gasteiger charge is 2.19. The number of halogens is 1. The Hall–Kier alpha value is -2.76. The highest BCUT2D eigenvalue weighted by Crippen LogP contribution is 2.30. The Kier molecular flexibility index (Phi) is 3.47. The minimum absolute atomic E-state index is 0.00657. The molecule has 0 atom stereocenters. The van der Waals surface area contributed by atoms with Crippen LogP contribution in [0.5, 0.6) is 0 Å². The Labute approximate surface area is 113 Å². The predicted molar refractivity (Wildman–Crippen MR) is 70.2 cm³/mol. The number of non-ortho nitro benzene ring substituents is 1. The summed E-state index contributed by atoms with van der Waals surface area (Å²) in [5.74, 6) is -1.89. The fourth-order valence-electron chi connectivity index (χ4n) is 1.90. The van der Waals surface area contributed by atoms with Crippen LogP contribution in [0.25, 0.3) is 11.1 Å². The molecule has 0 bridgehead atoms. The average Bonchev–Trinajstić information content (AvgIpc) is 2.40. The molecule has 2 aromatic rings. The predicted octanol–water partition coefficient (Wildman–Crippen LogP) is 3.41. The second-order valence-corrected chi connectivity index (χ2v) is 4.28. The molecule has 0 aliphatic rings. The van der Waals surface area contributed by atoms with Crippen molar-refractivity contribution < 1.29 is 19.2 Å². The molecule has 102 valence electrons. The van der Waals surface area contributed by atoms with Gasteiger partial charge in [0.1, 0.15) is 5.82 Å². The minimum atomic E-state index is -1.27. The Morgan fingerprint density at radius 3 is 2.50 bits per heavy atom. The molecule has 0 aromatic heterocycles. The Balaban J connectivity index is 2.75.